The Morgan fingerprint density at radius 1 is 1.23 bits per heavy atom. The lowest BCUT2D eigenvalue weighted by Gasteiger charge is -2.06. The van der Waals surface area contributed by atoms with Crippen molar-refractivity contribution in [2.75, 3.05) is 0 Å². The van der Waals surface area contributed by atoms with Gasteiger partial charge < -0.3 is 0 Å². The van der Waals surface area contributed by atoms with Crippen LogP contribution in [0.4, 0.5) is 0 Å². The van der Waals surface area contributed by atoms with E-state index >= 15 is 0 Å². The van der Waals surface area contributed by atoms with Crippen molar-refractivity contribution in [3.8, 4) is 0 Å². The number of carbonyl (C=O) groups excluding carboxylic acids is 1. The van der Waals surface area contributed by atoms with Gasteiger partial charge >= 0.3 is 0 Å². The first-order valence-corrected chi connectivity index (χ1v) is 5.87. The van der Waals surface area contributed by atoms with Gasteiger partial charge in [0, 0.05) is 12.3 Å². The Kier molecular flexibility index (Phi) is 5.10. The second-order valence-corrected chi connectivity index (χ2v) is 4.26. The summed E-state index contributed by atoms with van der Waals surface area (Å²) >= 11 is 0. The van der Waals surface area contributed by atoms with Gasteiger partial charge in [-0.2, -0.15) is 0 Å². The highest BCUT2D eigenvalue weighted by molar-refractivity contribution is 5.82. The fourth-order valence-electron chi connectivity index (χ4n) is 2.19. The highest BCUT2D eigenvalue weighted by Gasteiger charge is 2.23. The quantitative estimate of drug-likeness (QED) is 0.572. The van der Waals surface area contributed by atoms with E-state index in [1.54, 1.807) is 0 Å². The number of hydrogen-bond donors (Lipinski definition) is 0. The van der Waals surface area contributed by atoms with Gasteiger partial charge in [0.05, 0.1) is 0 Å². The number of hydrogen-bond acceptors (Lipinski definition) is 1. The maximum atomic E-state index is 11.3. The Labute approximate surface area is 81.9 Å². The molecule has 0 spiro atoms. The third kappa shape index (κ3) is 3.93. The van der Waals surface area contributed by atoms with Crippen LogP contribution in [-0.2, 0) is 4.79 Å². The maximum Gasteiger partial charge on any atom is 0.135 e. The molecule has 1 aliphatic carbocycles. The van der Waals surface area contributed by atoms with E-state index in [9.17, 15) is 4.79 Å². The second kappa shape index (κ2) is 6.17. The van der Waals surface area contributed by atoms with Crippen LogP contribution in [0.2, 0.25) is 0 Å². The number of Topliss-reactive ketones (excluding diaryl/α,β-unsaturated/α-hetero) is 1. The fourth-order valence-corrected chi connectivity index (χ4v) is 2.19. The number of unbranched alkanes of at least 4 members (excludes halogenated alkanes) is 4. The molecular formula is C12H22O. The van der Waals surface area contributed by atoms with Gasteiger partial charge in [-0.15, -0.1) is 0 Å². The van der Waals surface area contributed by atoms with Gasteiger partial charge in [-0.25, -0.2) is 0 Å². The van der Waals surface area contributed by atoms with Gasteiger partial charge in [-0.1, -0.05) is 39.0 Å². The molecule has 0 amide bonds. The summed E-state index contributed by atoms with van der Waals surface area (Å²) in [6, 6.07) is 0. The standard InChI is InChI=1S/C12H22O/c1-2-3-4-5-6-8-11-9-7-10-12(11)13/h11H,2-10H2,1H3/t11-/m1/s1. The molecule has 1 fully saturated rings. The largest absolute Gasteiger partial charge is 0.299 e. The van der Waals surface area contributed by atoms with E-state index in [1.807, 2.05) is 0 Å². The second-order valence-electron chi connectivity index (χ2n) is 4.26. The molecule has 0 aromatic heterocycles. The normalized spacial score (nSPS) is 22.5. The van der Waals surface area contributed by atoms with Crippen molar-refractivity contribution >= 4 is 5.78 Å². The lowest BCUT2D eigenvalue weighted by Crippen LogP contribution is -2.05. The molecule has 0 radical (unpaired) electrons. The van der Waals surface area contributed by atoms with Crippen LogP contribution in [0.5, 0.6) is 0 Å². The molecule has 0 aromatic carbocycles. The first-order chi connectivity index (χ1) is 6.34. The average Bonchev–Trinajstić information content (AvgIpc) is 2.52. The van der Waals surface area contributed by atoms with Crippen LogP contribution in [0, 0.1) is 5.92 Å². The molecule has 1 atom stereocenters. The Balaban J connectivity index is 1.96. The molecule has 1 heteroatoms. The summed E-state index contributed by atoms with van der Waals surface area (Å²) in [5, 5.41) is 0. The zero-order valence-electron chi connectivity index (χ0n) is 8.85. The Morgan fingerprint density at radius 2 is 2.00 bits per heavy atom. The van der Waals surface area contributed by atoms with Crippen molar-refractivity contribution in [1.82, 2.24) is 0 Å². The SMILES string of the molecule is CCCCCCC[C@@H]1CCCC1=O. The summed E-state index contributed by atoms with van der Waals surface area (Å²) in [4.78, 5) is 11.3. The van der Waals surface area contributed by atoms with Gasteiger partial charge in [0.15, 0.2) is 0 Å². The van der Waals surface area contributed by atoms with Crippen LogP contribution in [-0.4, -0.2) is 5.78 Å². The summed E-state index contributed by atoms with van der Waals surface area (Å²) in [6.45, 7) is 2.24. The molecular weight excluding hydrogens is 160 g/mol. The molecule has 1 rings (SSSR count). The molecule has 1 saturated carbocycles. The molecule has 1 nitrogen and oxygen atoms in total. The first kappa shape index (κ1) is 10.7. The van der Waals surface area contributed by atoms with Crippen molar-refractivity contribution < 1.29 is 4.79 Å². The third-order valence-electron chi connectivity index (χ3n) is 3.09. The zero-order valence-corrected chi connectivity index (χ0v) is 8.85. The van der Waals surface area contributed by atoms with E-state index < -0.39 is 0 Å². The van der Waals surface area contributed by atoms with Crippen molar-refractivity contribution in [2.45, 2.75) is 64.7 Å². The topological polar surface area (TPSA) is 17.1 Å². The average molecular weight is 182 g/mol. The van der Waals surface area contributed by atoms with Gasteiger partial charge in [-0.3, -0.25) is 4.79 Å². The van der Waals surface area contributed by atoms with E-state index in [4.69, 9.17) is 0 Å². The lowest BCUT2D eigenvalue weighted by atomic mass is 9.98. The van der Waals surface area contributed by atoms with Crippen LogP contribution in [0.3, 0.4) is 0 Å². The predicted molar refractivity (Wildman–Crippen MR) is 55.7 cm³/mol. The monoisotopic (exact) mass is 182 g/mol. The van der Waals surface area contributed by atoms with E-state index in [0.717, 1.165) is 12.8 Å². The molecule has 0 bridgehead atoms. The molecule has 76 valence electrons. The van der Waals surface area contributed by atoms with Crippen LogP contribution in [0.25, 0.3) is 0 Å². The van der Waals surface area contributed by atoms with Crippen LogP contribution in [0.15, 0.2) is 0 Å². The molecule has 0 unspecified atom stereocenters. The van der Waals surface area contributed by atoms with Crippen LogP contribution >= 0.6 is 0 Å². The smallest absolute Gasteiger partial charge is 0.135 e. The van der Waals surface area contributed by atoms with Crippen molar-refractivity contribution in [3.05, 3.63) is 0 Å². The highest BCUT2D eigenvalue weighted by Crippen LogP contribution is 2.26. The molecule has 0 N–H and O–H groups in total. The minimum atomic E-state index is 0.446. The van der Waals surface area contributed by atoms with Gasteiger partial charge in [0.25, 0.3) is 0 Å². The summed E-state index contributed by atoms with van der Waals surface area (Å²) in [5.41, 5.74) is 0. The maximum absolute atomic E-state index is 11.3. The Morgan fingerprint density at radius 3 is 2.62 bits per heavy atom. The predicted octanol–water partition coefficient (Wildman–Crippen LogP) is 3.72. The lowest BCUT2D eigenvalue weighted by molar-refractivity contribution is -0.120. The van der Waals surface area contributed by atoms with E-state index in [1.165, 1.54) is 44.9 Å². The number of ketones is 1. The Hall–Kier alpha value is -0.330. The molecule has 0 heterocycles. The molecule has 1 aliphatic rings. The highest BCUT2D eigenvalue weighted by atomic mass is 16.1. The van der Waals surface area contributed by atoms with Gasteiger partial charge in [-0.05, 0) is 19.3 Å². The van der Waals surface area contributed by atoms with Gasteiger partial charge in [0.1, 0.15) is 5.78 Å². The molecule has 0 saturated heterocycles. The van der Waals surface area contributed by atoms with Crippen molar-refractivity contribution in [1.29, 1.82) is 0 Å². The molecule has 0 aromatic rings. The Bertz CT molecular complexity index is 151. The minimum Gasteiger partial charge on any atom is -0.299 e. The van der Waals surface area contributed by atoms with Crippen LogP contribution < -0.4 is 0 Å². The number of rotatable bonds is 6. The first-order valence-electron chi connectivity index (χ1n) is 5.87. The summed E-state index contributed by atoms with van der Waals surface area (Å²) < 4.78 is 0. The third-order valence-corrected chi connectivity index (χ3v) is 3.09. The molecule has 0 aliphatic heterocycles. The molecule has 13 heavy (non-hydrogen) atoms. The van der Waals surface area contributed by atoms with E-state index in [-0.39, 0.29) is 0 Å². The van der Waals surface area contributed by atoms with Crippen molar-refractivity contribution in [3.63, 3.8) is 0 Å². The summed E-state index contributed by atoms with van der Waals surface area (Å²) in [5.74, 6) is 0.983. The fraction of sp³-hybridized carbons (Fsp3) is 0.917. The van der Waals surface area contributed by atoms with E-state index in [0.29, 0.717) is 11.7 Å². The van der Waals surface area contributed by atoms with Crippen molar-refractivity contribution in [2.24, 2.45) is 5.92 Å². The summed E-state index contributed by atoms with van der Waals surface area (Å²) in [6.07, 6.45) is 11.0. The van der Waals surface area contributed by atoms with Gasteiger partial charge in [0.2, 0.25) is 0 Å². The van der Waals surface area contributed by atoms with E-state index in [2.05, 4.69) is 6.92 Å². The number of carbonyl (C=O) groups is 1. The minimum absolute atomic E-state index is 0.446. The van der Waals surface area contributed by atoms with Crippen LogP contribution in [0.1, 0.15) is 64.7 Å². The zero-order chi connectivity index (χ0) is 9.52. The summed E-state index contributed by atoms with van der Waals surface area (Å²) in [7, 11) is 0.